The molecular weight excluding hydrogens is 148 g/mol. The fraction of sp³-hybridized carbons (Fsp3) is 1.00. The van der Waals surface area contributed by atoms with Gasteiger partial charge < -0.3 is 0 Å². The molecule has 0 nitrogen and oxygen atoms in total. The van der Waals surface area contributed by atoms with E-state index in [1.54, 1.807) is 0 Å². The van der Waals surface area contributed by atoms with Crippen molar-refractivity contribution in [3.05, 3.63) is 0 Å². The van der Waals surface area contributed by atoms with Crippen LogP contribution in [-0.4, -0.2) is 11.5 Å². The molecule has 0 aliphatic carbocycles. The van der Waals surface area contributed by atoms with Gasteiger partial charge in [-0.25, -0.2) is 0 Å². The Kier molecular flexibility index (Phi) is 5.64. The van der Waals surface area contributed by atoms with Crippen LogP contribution in [-0.2, 0) is 17.1 Å². The second kappa shape index (κ2) is 5.02. The zero-order valence-electron chi connectivity index (χ0n) is 4.30. The van der Waals surface area contributed by atoms with Gasteiger partial charge in [0.1, 0.15) is 0 Å². The molecule has 44 valence electrons. The van der Waals surface area contributed by atoms with Gasteiger partial charge in [0.25, 0.3) is 0 Å². The summed E-state index contributed by atoms with van der Waals surface area (Å²) in [7, 11) is 0. The second-order valence-corrected chi connectivity index (χ2v) is 2.90. The molecule has 0 N–H and O–H groups in total. The topological polar surface area (TPSA) is 0 Å². The molecule has 0 saturated carbocycles. The number of hydrogen-bond acceptors (Lipinski definition) is 1. The summed E-state index contributed by atoms with van der Waals surface area (Å²) in [5, 5.41) is 0. The van der Waals surface area contributed by atoms with Crippen molar-refractivity contribution in [3.63, 3.8) is 0 Å². The standard InChI is InChI=1S/C5H10S.Fe/c1-2-4-6-5-3-1;/h1-5H2;. The summed E-state index contributed by atoms with van der Waals surface area (Å²) in [6, 6.07) is 0. The molecule has 0 amide bonds. The Morgan fingerprint density at radius 3 is 1.57 bits per heavy atom. The molecule has 1 aliphatic rings. The van der Waals surface area contributed by atoms with Gasteiger partial charge in [0, 0.05) is 17.1 Å². The van der Waals surface area contributed by atoms with Crippen molar-refractivity contribution >= 4 is 11.8 Å². The van der Waals surface area contributed by atoms with Crippen LogP contribution in [0.3, 0.4) is 0 Å². The van der Waals surface area contributed by atoms with Crippen LogP contribution in [0.2, 0.25) is 0 Å². The Labute approximate surface area is 59.9 Å². The molecule has 7 heavy (non-hydrogen) atoms. The minimum Gasteiger partial charge on any atom is -0.162 e. The fourth-order valence-electron chi connectivity index (χ4n) is 0.687. The van der Waals surface area contributed by atoms with Crippen LogP contribution in [0.25, 0.3) is 0 Å². The van der Waals surface area contributed by atoms with Crippen molar-refractivity contribution in [1.82, 2.24) is 0 Å². The third kappa shape index (κ3) is 3.45. The summed E-state index contributed by atoms with van der Waals surface area (Å²) < 4.78 is 0. The normalized spacial score (nSPS) is 20.6. The zero-order valence-corrected chi connectivity index (χ0v) is 6.22. The number of rotatable bonds is 0. The molecule has 1 aliphatic heterocycles. The van der Waals surface area contributed by atoms with Gasteiger partial charge in [0.15, 0.2) is 0 Å². The molecule has 0 unspecified atom stereocenters. The third-order valence-electron chi connectivity index (χ3n) is 1.08. The van der Waals surface area contributed by atoms with E-state index in [1.165, 1.54) is 30.8 Å². The first-order chi connectivity index (χ1) is 3.00. The molecule has 0 aromatic rings. The summed E-state index contributed by atoms with van der Waals surface area (Å²) in [6.45, 7) is 0. The van der Waals surface area contributed by atoms with Gasteiger partial charge in [-0.3, -0.25) is 0 Å². The zero-order chi connectivity index (χ0) is 4.24. The summed E-state index contributed by atoms with van der Waals surface area (Å²) >= 11 is 2.09. The van der Waals surface area contributed by atoms with Crippen LogP contribution < -0.4 is 0 Å². The predicted octanol–water partition coefficient (Wildman–Crippen LogP) is 1.90. The quantitative estimate of drug-likeness (QED) is 0.485. The van der Waals surface area contributed by atoms with Crippen molar-refractivity contribution in [3.8, 4) is 0 Å². The van der Waals surface area contributed by atoms with E-state index < -0.39 is 0 Å². The average molecular weight is 158 g/mol. The van der Waals surface area contributed by atoms with E-state index in [-0.39, 0.29) is 17.1 Å². The Morgan fingerprint density at radius 1 is 0.857 bits per heavy atom. The molecule has 0 spiro atoms. The van der Waals surface area contributed by atoms with Gasteiger partial charge in [-0.1, -0.05) is 6.42 Å². The van der Waals surface area contributed by atoms with Gasteiger partial charge in [-0.15, -0.1) is 0 Å². The maximum Gasteiger partial charge on any atom is 0 e. The van der Waals surface area contributed by atoms with Crippen molar-refractivity contribution in [1.29, 1.82) is 0 Å². The smallest absolute Gasteiger partial charge is 0 e. The molecule has 0 aromatic carbocycles. The first-order valence-corrected chi connectivity index (χ1v) is 3.73. The maximum absolute atomic E-state index is 2.09. The SMILES string of the molecule is C1CCSCC1.[Fe]. The molecule has 1 heterocycles. The molecular formula is C5H10FeS. The van der Waals surface area contributed by atoms with Gasteiger partial charge in [-0.2, -0.15) is 11.8 Å². The van der Waals surface area contributed by atoms with E-state index >= 15 is 0 Å². The maximum atomic E-state index is 2.09. The molecule has 1 rings (SSSR count). The molecule has 0 bridgehead atoms. The Balaban J connectivity index is 0.000000360. The minimum atomic E-state index is 0. The van der Waals surface area contributed by atoms with Crippen LogP contribution >= 0.6 is 11.8 Å². The Morgan fingerprint density at radius 2 is 1.43 bits per heavy atom. The first-order valence-electron chi connectivity index (χ1n) is 2.58. The second-order valence-electron chi connectivity index (χ2n) is 1.67. The van der Waals surface area contributed by atoms with Crippen LogP contribution in [0, 0.1) is 0 Å². The summed E-state index contributed by atoms with van der Waals surface area (Å²) in [4.78, 5) is 0. The van der Waals surface area contributed by atoms with Crippen molar-refractivity contribution in [2.45, 2.75) is 19.3 Å². The number of hydrogen-bond donors (Lipinski definition) is 0. The van der Waals surface area contributed by atoms with Crippen molar-refractivity contribution in [2.24, 2.45) is 0 Å². The number of thioether (sulfide) groups is 1. The van der Waals surface area contributed by atoms with Crippen LogP contribution in [0.15, 0.2) is 0 Å². The average Bonchev–Trinajstić information content (AvgIpc) is 1.72. The molecule has 0 atom stereocenters. The summed E-state index contributed by atoms with van der Waals surface area (Å²) in [6.07, 6.45) is 4.41. The fourth-order valence-corrected chi connectivity index (χ4v) is 1.71. The van der Waals surface area contributed by atoms with Gasteiger partial charge in [0.05, 0.1) is 0 Å². The van der Waals surface area contributed by atoms with E-state index in [1.807, 2.05) is 0 Å². The molecule has 0 radical (unpaired) electrons. The molecule has 1 fully saturated rings. The Bertz CT molecular complexity index is 23.6. The molecule has 2 heteroatoms. The van der Waals surface area contributed by atoms with Crippen LogP contribution in [0.5, 0.6) is 0 Å². The minimum absolute atomic E-state index is 0. The van der Waals surface area contributed by atoms with E-state index in [0.29, 0.717) is 0 Å². The third-order valence-corrected chi connectivity index (χ3v) is 2.23. The van der Waals surface area contributed by atoms with Crippen molar-refractivity contribution in [2.75, 3.05) is 11.5 Å². The predicted molar refractivity (Wildman–Crippen MR) is 31.2 cm³/mol. The van der Waals surface area contributed by atoms with Crippen LogP contribution in [0.4, 0.5) is 0 Å². The van der Waals surface area contributed by atoms with Crippen molar-refractivity contribution < 1.29 is 17.1 Å². The van der Waals surface area contributed by atoms with E-state index in [4.69, 9.17) is 0 Å². The van der Waals surface area contributed by atoms with Gasteiger partial charge in [0.2, 0.25) is 0 Å². The summed E-state index contributed by atoms with van der Waals surface area (Å²) in [5.74, 6) is 2.83. The Hall–Kier alpha value is 0.869. The molecule has 1 saturated heterocycles. The molecule has 0 aromatic heterocycles. The van der Waals surface area contributed by atoms with Gasteiger partial charge >= 0.3 is 0 Å². The first kappa shape index (κ1) is 7.87. The largest absolute Gasteiger partial charge is 0.162 e. The summed E-state index contributed by atoms with van der Waals surface area (Å²) in [5.41, 5.74) is 0. The van der Waals surface area contributed by atoms with E-state index in [0.717, 1.165) is 0 Å². The van der Waals surface area contributed by atoms with Gasteiger partial charge in [-0.05, 0) is 24.3 Å². The van der Waals surface area contributed by atoms with Crippen LogP contribution in [0.1, 0.15) is 19.3 Å². The van der Waals surface area contributed by atoms with E-state index in [9.17, 15) is 0 Å². The van der Waals surface area contributed by atoms with E-state index in [2.05, 4.69) is 11.8 Å². The monoisotopic (exact) mass is 158 g/mol.